The summed E-state index contributed by atoms with van der Waals surface area (Å²) in [7, 11) is 1.74. The van der Waals surface area contributed by atoms with Gasteiger partial charge in [0.2, 0.25) is 0 Å². The van der Waals surface area contributed by atoms with Gasteiger partial charge in [0, 0.05) is 48.5 Å². The van der Waals surface area contributed by atoms with Gasteiger partial charge in [0.1, 0.15) is 16.2 Å². The lowest BCUT2D eigenvalue weighted by molar-refractivity contribution is 0.0912. The third-order valence-corrected chi connectivity index (χ3v) is 6.47. The number of aromatic nitrogens is 5. The summed E-state index contributed by atoms with van der Waals surface area (Å²) in [5.41, 5.74) is 0.478. The van der Waals surface area contributed by atoms with Gasteiger partial charge in [-0.05, 0) is 47.7 Å². The summed E-state index contributed by atoms with van der Waals surface area (Å²) in [6.45, 7) is 0. The molecule has 3 heterocycles. The first kappa shape index (κ1) is 23.3. The lowest BCUT2D eigenvalue weighted by Crippen LogP contribution is -2.42. The number of nitrogens with one attached hydrogen (secondary N) is 3. The SMILES string of the molecule is Cn1cc(Br)nc1C(=O)N[C@@H]1CCC[C@H](Nc2nc(-c3c[nH]c4c(F)cc(F)cc34)ncc2F)C1. The van der Waals surface area contributed by atoms with E-state index in [1.807, 2.05) is 0 Å². The molecule has 1 aliphatic rings. The first-order chi connectivity index (χ1) is 16.8. The second-order valence-corrected chi connectivity index (χ2v) is 9.39. The lowest BCUT2D eigenvalue weighted by Gasteiger charge is -2.30. The van der Waals surface area contributed by atoms with E-state index in [-0.39, 0.29) is 40.5 Å². The van der Waals surface area contributed by atoms with Crippen molar-refractivity contribution in [2.45, 2.75) is 37.8 Å². The Morgan fingerprint density at radius 3 is 2.74 bits per heavy atom. The molecule has 1 aliphatic carbocycles. The summed E-state index contributed by atoms with van der Waals surface area (Å²) in [4.78, 5) is 27.9. The van der Waals surface area contributed by atoms with Crippen LogP contribution < -0.4 is 10.6 Å². The number of halogens is 4. The van der Waals surface area contributed by atoms with E-state index in [0.29, 0.717) is 22.4 Å². The minimum absolute atomic E-state index is 0.00812. The minimum atomic E-state index is -0.736. The Morgan fingerprint density at radius 1 is 1.17 bits per heavy atom. The summed E-state index contributed by atoms with van der Waals surface area (Å²) in [6, 6.07) is 1.70. The molecule has 0 radical (unpaired) electrons. The summed E-state index contributed by atoms with van der Waals surface area (Å²) in [5, 5.41) is 6.38. The van der Waals surface area contributed by atoms with Gasteiger partial charge < -0.3 is 20.2 Å². The summed E-state index contributed by atoms with van der Waals surface area (Å²) < 4.78 is 44.6. The molecule has 0 spiro atoms. The van der Waals surface area contributed by atoms with E-state index in [9.17, 15) is 18.0 Å². The Labute approximate surface area is 206 Å². The van der Waals surface area contributed by atoms with Gasteiger partial charge in [-0.1, -0.05) is 0 Å². The molecular weight excluding hydrogens is 527 g/mol. The maximum atomic E-state index is 14.6. The van der Waals surface area contributed by atoms with E-state index in [2.05, 4.69) is 46.5 Å². The highest BCUT2D eigenvalue weighted by Crippen LogP contribution is 2.30. The largest absolute Gasteiger partial charge is 0.365 e. The molecule has 12 heteroatoms. The first-order valence-corrected chi connectivity index (χ1v) is 11.8. The normalized spacial score (nSPS) is 18.1. The van der Waals surface area contributed by atoms with Gasteiger partial charge in [0.25, 0.3) is 5.91 Å². The number of H-pyrrole nitrogens is 1. The van der Waals surface area contributed by atoms with E-state index in [4.69, 9.17) is 0 Å². The molecule has 5 rings (SSSR count). The number of aryl methyl sites for hydroxylation is 1. The standard InChI is InChI=1S/C23H21BrF3N7O/c1-34-10-18(24)32-22(34)23(35)31-13-4-2-3-12(7-13)30-21-17(27)9-29-20(33-21)15-8-28-19-14(15)5-11(25)6-16(19)26/h5-6,8-10,12-13,28H,2-4,7H2,1H3,(H,31,35)(H,29,30,33)/t12-,13+/m0/s1. The second kappa shape index (κ2) is 9.33. The summed E-state index contributed by atoms with van der Waals surface area (Å²) in [5.74, 6) is -1.97. The molecule has 3 N–H and O–H groups in total. The van der Waals surface area contributed by atoms with Crippen LogP contribution in [0.2, 0.25) is 0 Å². The van der Waals surface area contributed by atoms with Gasteiger partial charge in [0.05, 0.1) is 11.7 Å². The number of rotatable bonds is 5. The fourth-order valence-electron chi connectivity index (χ4n) is 4.47. The maximum absolute atomic E-state index is 14.6. The third-order valence-electron chi connectivity index (χ3n) is 6.09. The second-order valence-electron chi connectivity index (χ2n) is 8.58. The average molecular weight is 548 g/mol. The fraction of sp³-hybridized carbons (Fsp3) is 0.304. The van der Waals surface area contributed by atoms with Crippen molar-refractivity contribution in [2.24, 2.45) is 7.05 Å². The number of amides is 1. The van der Waals surface area contributed by atoms with E-state index in [0.717, 1.165) is 31.5 Å². The van der Waals surface area contributed by atoms with Crippen molar-refractivity contribution in [1.29, 1.82) is 0 Å². The molecule has 1 fully saturated rings. The maximum Gasteiger partial charge on any atom is 0.287 e. The Bertz CT molecular complexity index is 1420. The van der Waals surface area contributed by atoms with Crippen molar-refractivity contribution < 1.29 is 18.0 Å². The molecule has 4 aromatic rings. The molecule has 8 nitrogen and oxygen atoms in total. The molecular formula is C23H21BrF3N7O. The van der Waals surface area contributed by atoms with Crippen molar-refractivity contribution in [1.82, 2.24) is 29.8 Å². The van der Waals surface area contributed by atoms with Gasteiger partial charge in [-0.3, -0.25) is 4.79 Å². The van der Waals surface area contributed by atoms with Crippen molar-refractivity contribution in [3.05, 3.63) is 58.6 Å². The van der Waals surface area contributed by atoms with Crippen LogP contribution in [0.25, 0.3) is 22.3 Å². The number of nitrogens with zero attached hydrogens (tertiary/aromatic N) is 4. The third kappa shape index (κ3) is 4.75. The lowest BCUT2D eigenvalue weighted by atomic mass is 9.91. The van der Waals surface area contributed by atoms with Crippen LogP contribution in [-0.2, 0) is 7.05 Å². The van der Waals surface area contributed by atoms with Crippen LogP contribution in [0.1, 0.15) is 36.3 Å². The van der Waals surface area contributed by atoms with Gasteiger partial charge in [-0.25, -0.2) is 28.1 Å². The number of hydrogen-bond donors (Lipinski definition) is 3. The van der Waals surface area contributed by atoms with Crippen molar-refractivity contribution in [3.8, 4) is 11.4 Å². The van der Waals surface area contributed by atoms with Gasteiger partial charge in [0.15, 0.2) is 23.3 Å². The molecule has 0 unspecified atom stereocenters. The molecule has 2 atom stereocenters. The van der Waals surface area contributed by atoms with Crippen molar-refractivity contribution in [3.63, 3.8) is 0 Å². The Balaban J connectivity index is 1.33. The highest BCUT2D eigenvalue weighted by atomic mass is 79.9. The molecule has 1 saturated carbocycles. The highest BCUT2D eigenvalue weighted by molar-refractivity contribution is 9.10. The molecule has 0 aliphatic heterocycles. The molecule has 1 amide bonds. The number of benzene rings is 1. The molecule has 0 saturated heterocycles. The van der Waals surface area contributed by atoms with Crippen LogP contribution >= 0.6 is 15.9 Å². The zero-order valence-electron chi connectivity index (χ0n) is 18.6. The number of carbonyl (C=O) groups excluding carboxylic acids is 1. The predicted molar refractivity (Wildman–Crippen MR) is 127 cm³/mol. The van der Waals surface area contributed by atoms with Crippen molar-refractivity contribution >= 4 is 38.6 Å². The van der Waals surface area contributed by atoms with Gasteiger partial charge >= 0.3 is 0 Å². The first-order valence-electron chi connectivity index (χ1n) is 11.0. The number of fused-ring (bicyclic) bond motifs is 1. The smallest absolute Gasteiger partial charge is 0.287 e. The molecule has 182 valence electrons. The summed E-state index contributed by atoms with van der Waals surface area (Å²) >= 11 is 3.26. The van der Waals surface area contributed by atoms with Crippen LogP contribution in [0, 0.1) is 17.5 Å². The predicted octanol–water partition coefficient (Wildman–Crippen LogP) is 4.69. The zero-order chi connectivity index (χ0) is 24.7. The Kier molecular flexibility index (Phi) is 6.22. The molecule has 3 aromatic heterocycles. The Hall–Kier alpha value is -3.41. The number of imidazole rings is 1. The van der Waals surface area contributed by atoms with Crippen LogP contribution in [0.5, 0.6) is 0 Å². The fourth-order valence-corrected chi connectivity index (χ4v) is 4.95. The monoisotopic (exact) mass is 547 g/mol. The average Bonchev–Trinajstić information content (AvgIpc) is 3.38. The van der Waals surface area contributed by atoms with E-state index >= 15 is 0 Å². The number of carbonyl (C=O) groups is 1. The van der Waals surface area contributed by atoms with Crippen LogP contribution in [0.15, 0.2) is 35.3 Å². The van der Waals surface area contributed by atoms with Crippen molar-refractivity contribution in [2.75, 3.05) is 5.32 Å². The van der Waals surface area contributed by atoms with Crippen LogP contribution in [0.3, 0.4) is 0 Å². The minimum Gasteiger partial charge on any atom is -0.365 e. The van der Waals surface area contributed by atoms with E-state index < -0.39 is 17.5 Å². The highest BCUT2D eigenvalue weighted by Gasteiger charge is 2.26. The van der Waals surface area contributed by atoms with Crippen LogP contribution in [-0.4, -0.2) is 42.5 Å². The molecule has 35 heavy (non-hydrogen) atoms. The number of hydrogen-bond acceptors (Lipinski definition) is 5. The van der Waals surface area contributed by atoms with Crippen LogP contribution in [0.4, 0.5) is 19.0 Å². The zero-order valence-corrected chi connectivity index (χ0v) is 20.2. The summed E-state index contributed by atoms with van der Waals surface area (Å²) in [6.07, 6.45) is 7.15. The number of aromatic amines is 1. The Morgan fingerprint density at radius 2 is 1.97 bits per heavy atom. The number of anilines is 1. The molecule has 1 aromatic carbocycles. The van der Waals surface area contributed by atoms with E-state index in [1.54, 1.807) is 17.8 Å². The topological polar surface area (TPSA) is 101 Å². The van der Waals surface area contributed by atoms with Gasteiger partial charge in [-0.15, -0.1) is 0 Å². The quantitative estimate of drug-likeness (QED) is 0.336. The van der Waals surface area contributed by atoms with Gasteiger partial charge in [-0.2, -0.15) is 0 Å². The molecule has 0 bridgehead atoms. The van der Waals surface area contributed by atoms with E-state index in [1.165, 1.54) is 12.3 Å².